The van der Waals surface area contributed by atoms with Crippen LogP contribution in [-0.2, 0) is 4.79 Å². The molecule has 0 radical (unpaired) electrons. The summed E-state index contributed by atoms with van der Waals surface area (Å²) in [5, 5.41) is 0. The van der Waals surface area contributed by atoms with E-state index in [4.69, 9.17) is 0 Å². The summed E-state index contributed by atoms with van der Waals surface area (Å²) in [5.41, 5.74) is 0. The summed E-state index contributed by atoms with van der Waals surface area (Å²) in [6, 6.07) is 0. The van der Waals surface area contributed by atoms with Gasteiger partial charge in [0.2, 0.25) is 0 Å². The van der Waals surface area contributed by atoms with Gasteiger partial charge in [0.25, 0.3) is 0 Å². The maximum atomic E-state index is 10.4. The first kappa shape index (κ1) is 10.4. The van der Waals surface area contributed by atoms with Gasteiger partial charge in [-0.3, -0.25) is 4.79 Å². The van der Waals surface area contributed by atoms with E-state index >= 15 is 0 Å². The predicted octanol–water partition coefficient (Wildman–Crippen LogP) is 3.10. The molecule has 0 amide bonds. The Morgan fingerprint density at radius 2 is 2.00 bits per heavy atom. The first-order valence-corrected chi connectivity index (χ1v) is 4.44. The molecule has 0 aromatic rings. The number of hydrogen-bond acceptors (Lipinski definition) is 1. The number of allylic oxidation sites excluding steroid dienone is 2. The van der Waals surface area contributed by atoms with Gasteiger partial charge in [-0.15, -0.1) is 0 Å². The van der Waals surface area contributed by atoms with Crippen LogP contribution in [0.25, 0.3) is 0 Å². The first-order valence-electron chi connectivity index (χ1n) is 4.44. The van der Waals surface area contributed by atoms with Crippen molar-refractivity contribution >= 4 is 5.78 Å². The highest BCUT2D eigenvalue weighted by Gasteiger charge is 1.85. The predicted molar refractivity (Wildman–Crippen MR) is 48.6 cm³/mol. The molecule has 0 unspecified atom stereocenters. The maximum absolute atomic E-state index is 10.4. The van der Waals surface area contributed by atoms with Crippen LogP contribution in [0.15, 0.2) is 12.2 Å². The van der Waals surface area contributed by atoms with Crippen molar-refractivity contribution in [3.63, 3.8) is 0 Å². The highest BCUT2D eigenvalue weighted by atomic mass is 16.1. The highest BCUT2D eigenvalue weighted by molar-refractivity contribution is 5.87. The quantitative estimate of drug-likeness (QED) is 0.424. The van der Waals surface area contributed by atoms with Gasteiger partial charge in [0, 0.05) is 0 Å². The van der Waals surface area contributed by atoms with E-state index in [0.717, 1.165) is 6.42 Å². The lowest BCUT2D eigenvalue weighted by Gasteiger charge is -1.92. The zero-order valence-electron chi connectivity index (χ0n) is 7.60. The molecular weight excluding hydrogens is 136 g/mol. The molecule has 1 nitrogen and oxygen atoms in total. The highest BCUT2D eigenvalue weighted by Crippen LogP contribution is 2.02. The molecule has 0 heterocycles. The monoisotopic (exact) mass is 154 g/mol. The molecule has 0 aliphatic heterocycles. The third-order valence-corrected chi connectivity index (χ3v) is 1.58. The van der Waals surface area contributed by atoms with Crippen molar-refractivity contribution in [2.75, 3.05) is 0 Å². The van der Waals surface area contributed by atoms with Gasteiger partial charge >= 0.3 is 0 Å². The first-order chi connectivity index (χ1) is 5.27. The van der Waals surface area contributed by atoms with E-state index < -0.39 is 0 Å². The summed E-state index contributed by atoms with van der Waals surface area (Å²) in [7, 11) is 0. The van der Waals surface area contributed by atoms with Gasteiger partial charge in [-0.2, -0.15) is 0 Å². The number of carbonyl (C=O) groups is 1. The van der Waals surface area contributed by atoms with Crippen molar-refractivity contribution in [2.45, 2.75) is 46.0 Å². The lowest BCUT2D eigenvalue weighted by atomic mass is 10.1. The van der Waals surface area contributed by atoms with Crippen molar-refractivity contribution in [3.05, 3.63) is 12.2 Å². The van der Waals surface area contributed by atoms with E-state index in [1.54, 1.807) is 13.0 Å². The Morgan fingerprint density at radius 1 is 1.27 bits per heavy atom. The molecule has 0 aliphatic carbocycles. The van der Waals surface area contributed by atoms with Crippen LogP contribution in [0.5, 0.6) is 0 Å². The minimum Gasteiger partial charge on any atom is -0.295 e. The number of carbonyl (C=O) groups excluding carboxylic acids is 1. The molecule has 0 atom stereocenters. The maximum Gasteiger partial charge on any atom is 0.152 e. The van der Waals surface area contributed by atoms with Crippen molar-refractivity contribution in [3.8, 4) is 0 Å². The molecule has 1 heteroatoms. The van der Waals surface area contributed by atoms with E-state index in [1.165, 1.54) is 25.7 Å². The van der Waals surface area contributed by atoms with Crippen LogP contribution in [0.3, 0.4) is 0 Å². The van der Waals surface area contributed by atoms with Gasteiger partial charge in [0.1, 0.15) is 0 Å². The van der Waals surface area contributed by atoms with Gasteiger partial charge < -0.3 is 0 Å². The third kappa shape index (κ3) is 9.41. The molecule has 0 aliphatic rings. The van der Waals surface area contributed by atoms with Crippen molar-refractivity contribution < 1.29 is 4.79 Å². The van der Waals surface area contributed by atoms with Gasteiger partial charge in [-0.05, 0) is 25.8 Å². The summed E-state index contributed by atoms with van der Waals surface area (Å²) in [6.07, 6.45) is 9.78. The molecule has 11 heavy (non-hydrogen) atoms. The lowest BCUT2D eigenvalue weighted by Crippen LogP contribution is -1.80. The Hall–Kier alpha value is -0.590. The topological polar surface area (TPSA) is 17.1 Å². The fourth-order valence-electron chi connectivity index (χ4n) is 0.938. The Labute approximate surface area is 69.5 Å². The number of hydrogen-bond donors (Lipinski definition) is 0. The molecule has 0 rings (SSSR count). The van der Waals surface area contributed by atoms with Crippen molar-refractivity contribution in [1.82, 2.24) is 0 Å². The van der Waals surface area contributed by atoms with Crippen LogP contribution < -0.4 is 0 Å². The number of unbranched alkanes of at least 4 members (excludes halogenated alkanes) is 4. The summed E-state index contributed by atoms with van der Waals surface area (Å²) < 4.78 is 0. The second-order valence-electron chi connectivity index (χ2n) is 2.86. The molecule has 0 aromatic heterocycles. The molecule has 0 fully saturated rings. The molecule has 64 valence electrons. The van der Waals surface area contributed by atoms with E-state index in [0.29, 0.717) is 0 Å². The Balaban J connectivity index is 3.07. The third-order valence-electron chi connectivity index (χ3n) is 1.58. The minimum absolute atomic E-state index is 0.153. The summed E-state index contributed by atoms with van der Waals surface area (Å²) >= 11 is 0. The lowest BCUT2D eigenvalue weighted by molar-refractivity contribution is -0.112. The molecular formula is C10H18O. The van der Waals surface area contributed by atoms with Crippen LogP contribution in [-0.4, -0.2) is 5.78 Å². The summed E-state index contributed by atoms with van der Waals surface area (Å²) in [6.45, 7) is 3.79. The molecule has 0 N–H and O–H groups in total. The normalized spacial score (nSPS) is 10.7. The minimum atomic E-state index is 0.153. The van der Waals surface area contributed by atoms with Gasteiger partial charge in [0.05, 0.1) is 0 Å². The zero-order valence-corrected chi connectivity index (χ0v) is 7.60. The smallest absolute Gasteiger partial charge is 0.152 e. The van der Waals surface area contributed by atoms with Crippen LogP contribution in [0, 0.1) is 0 Å². The fraction of sp³-hybridized carbons (Fsp3) is 0.700. The largest absolute Gasteiger partial charge is 0.295 e. The Kier molecular flexibility index (Phi) is 7.11. The average molecular weight is 154 g/mol. The van der Waals surface area contributed by atoms with Gasteiger partial charge in [-0.25, -0.2) is 0 Å². The second-order valence-corrected chi connectivity index (χ2v) is 2.86. The standard InChI is InChI=1S/C10H18O/c1-3-4-5-6-7-8-9-10(2)11/h8-9H,3-7H2,1-2H3/b9-8+. The number of ketones is 1. The van der Waals surface area contributed by atoms with Crippen LogP contribution in [0.2, 0.25) is 0 Å². The van der Waals surface area contributed by atoms with E-state index in [1.807, 2.05) is 6.08 Å². The van der Waals surface area contributed by atoms with Gasteiger partial charge in [-0.1, -0.05) is 32.3 Å². The van der Waals surface area contributed by atoms with Crippen LogP contribution >= 0.6 is 0 Å². The van der Waals surface area contributed by atoms with E-state index in [2.05, 4.69) is 6.92 Å². The van der Waals surface area contributed by atoms with Crippen LogP contribution in [0.1, 0.15) is 46.0 Å². The van der Waals surface area contributed by atoms with Gasteiger partial charge in [0.15, 0.2) is 5.78 Å². The Bertz CT molecular complexity index is 125. The average Bonchev–Trinajstić information content (AvgIpc) is 1.96. The SMILES string of the molecule is CCCCCC/C=C/C(C)=O. The van der Waals surface area contributed by atoms with E-state index in [-0.39, 0.29) is 5.78 Å². The van der Waals surface area contributed by atoms with Crippen LogP contribution in [0.4, 0.5) is 0 Å². The molecule has 0 spiro atoms. The molecule has 0 saturated heterocycles. The Morgan fingerprint density at radius 3 is 2.55 bits per heavy atom. The molecule has 0 bridgehead atoms. The number of rotatable bonds is 6. The van der Waals surface area contributed by atoms with Crippen molar-refractivity contribution in [2.24, 2.45) is 0 Å². The molecule has 0 saturated carbocycles. The van der Waals surface area contributed by atoms with Crippen molar-refractivity contribution in [1.29, 1.82) is 0 Å². The zero-order chi connectivity index (χ0) is 8.53. The summed E-state index contributed by atoms with van der Waals surface area (Å²) in [4.78, 5) is 10.4. The molecule has 0 aromatic carbocycles. The summed E-state index contributed by atoms with van der Waals surface area (Å²) in [5.74, 6) is 0.153. The fourth-order valence-corrected chi connectivity index (χ4v) is 0.938. The van der Waals surface area contributed by atoms with E-state index in [9.17, 15) is 4.79 Å². The second kappa shape index (κ2) is 7.52.